The third-order valence-corrected chi connectivity index (χ3v) is 4.76. The second kappa shape index (κ2) is 5.24. The highest BCUT2D eigenvalue weighted by atomic mass is 32.1. The Hall–Kier alpha value is -1.72. The maximum Gasteiger partial charge on any atom is 0.213 e. The lowest BCUT2D eigenvalue weighted by molar-refractivity contribution is 0.275. The highest BCUT2D eigenvalue weighted by Crippen LogP contribution is 2.32. The number of aliphatic hydroxyl groups is 1. The highest BCUT2D eigenvalue weighted by molar-refractivity contribution is 7.16. The van der Waals surface area contributed by atoms with Gasteiger partial charge in [-0.25, -0.2) is 9.50 Å². The summed E-state index contributed by atoms with van der Waals surface area (Å²) < 4.78 is 1.79. The average molecular weight is 301 g/mol. The molecule has 0 aliphatic rings. The zero-order valence-electron chi connectivity index (χ0n) is 12.8. The number of aryl methyl sites for hydroxylation is 4. The van der Waals surface area contributed by atoms with Crippen molar-refractivity contribution in [2.75, 3.05) is 0 Å². The van der Waals surface area contributed by atoms with Crippen LogP contribution in [0.3, 0.4) is 0 Å². The number of hydrogen-bond donors (Lipinski definition) is 1. The number of aliphatic hydroxyl groups excluding tert-OH is 1. The predicted octanol–water partition coefficient (Wildman–Crippen LogP) is 3.44. The van der Waals surface area contributed by atoms with Gasteiger partial charge in [0.25, 0.3) is 0 Å². The van der Waals surface area contributed by atoms with E-state index in [2.05, 4.69) is 44.9 Å². The van der Waals surface area contributed by atoms with Crippen molar-refractivity contribution in [1.29, 1.82) is 0 Å². The average Bonchev–Trinajstić information content (AvgIpc) is 2.94. The third kappa shape index (κ3) is 2.26. The van der Waals surface area contributed by atoms with Crippen LogP contribution in [0.25, 0.3) is 16.2 Å². The zero-order chi connectivity index (χ0) is 15.1. The molecule has 2 aromatic heterocycles. The summed E-state index contributed by atoms with van der Waals surface area (Å²) in [6.45, 7) is 8.30. The van der Waals surface area contributed by atoms with E-state index >= 15 is 0 Å². The van der Waals surface area contributed by atoms with Crippen molar-refractivity contribution in [3.8, 4) is 11.3 Å². The number of rotatable bonds is 3. The molecule has 0 spiro atoms. The number of imidazole rings is 1. The molecule has 0 saturated heterocycles. The second-order valence-electron chi connectivity index (χ2n) is 5.38. The van der Waals surface area contributed by atoms with Crippen LogP contribution in [0.2, 0.25) is 0 Å². The summed E-state index contributed by atoms with van der Waals surface area (Å²) in [6.07, 6.45) is 0.886. The Kier molecular flexibility index (Phi) is 3.55. The number of nitrogens with zero attached hydrogens (tertiary/aromatic N) is 3. The molecule has 0 aliphatic carbocycles. The van der Waals surface area contributed by atoms with Crippen LogP contribution in [0, 0.1) is 20.8 Å². The van der Waals surface area contributed by atoms with Gasteiger partial charge in [-0.15, -0.1) is 0 Å². The van der Waals surface area contributed by atoms with Crippen molar-refractivity contribution < 1.29 is 5.11 Å². The molecule has 110 valence electrons. The number of hydrogen-bond acceptors (Lipinski definition) is 4. The number of benzene rings is 1. The second-order valence-corrected chi connectivity index (χ2v) is 6.42. The van der Waals surface area contributed by atoms with Crippen LogP contribution >= 0.6 is 11.3 Å². The topological polar surface area (TPSA) is 50.4 Å². The smallest absolute Gasteiger partial charge is 0.213 e. The molecule has 2 heterocycles. The molecule has 3 aromatic rings. The van der Waals surface area contributed by atoms with Crippen molar-refractivity contribution in [3.05, 3.63) is 39.5 Å². The first kappa shape index (κ1) is 14.2. The Morgan fingerprint density at radius 3 is 2.43 bits per heavy atom. The normalized spacial score (nSPS) is 11.5. The summed E-state index contributed by atoms with van der Waals surface area (Å²) in [6, 6.07) is 4.31. The molecule has 1 aromatic carbocycles. The lowest BCUT2D eigenvalue weighted by atomic mass is 9.96. The van der Waals surface area contributed by atoms with Crippen molar-refractivity contribution in [1.82, 2.24) is 14.6 Å². The van der Waals surface area contributed by atoms with E-state index in [4.69, 9.17) is 4.98 Å². The molecule has 5 heteroatoms. The van der Waals surface area contributed by atoms with Gasteiger partial charge in [-0.1, -0.05) is 36.0 Å². The number of aromatic nitrogens is 3. The van der Waals surface area contributed by atoms with E-state index in [1.165, 1.54) is 16.7 Å². The quantitative estimate of drug-likeness (QED) is 0.806. The van der Waals surface area contributed by atoms with Crippen LogP contribution in [0.5, 0.6) is 0 Å². The van der Waals surface area contributed by atoms with Gasteiger partial charge in [0, 0.05) is 5.56 Å². The van der Waals surface area contributed by atoms with Gasteiger partial charge in [0.2, 0.25) is 4.96 Å². The molecule has 0 unspecified atom stereocenters. The van der Waals surface area contributed by atoms with Gasteiger partial charge in [0.05, 0.1) is 18.0 Å². The summed E-state index contributed by atoms with van der Waals surface area (Å²) in [7, 11) is 0. The lowest BCUT2D eigenvalue weighted by Gasteiger charge is -2.10. The van der Waals surface area contributed by atoms with Crippen molar-refractivity contribution in [3.63, 3.8) is 0 Å². The molecule has 0 amide bonds. The molecule has 21 heavy (non-hydrogen) atoms. The van der Waals surface area contributed by atoms with E-state index in [1.807, 2.05) is 0 Å². The minimum atomic E-state index is -0.0594. The summed E-state index contributed by atoms with van der Waals surface area (Å²) in [5, 5.41) is 15.4. The lowest BCUT2D eigenvalue weighted by Crippen LogP contribution is -1.98. The van der Waals surface area contributed by atoms with Crippen molar-refractivity contribution >= 4 is 16.3 Å². The molecule has 0 atom stereocenters. The third-order valence-electron chi connectivity index (χ3n) is 3.70. The molecule has 0 saturated carbocycles. The Balaban J connectivity index is 2.28. The number of fused-ring (bicyclic) bond motifs is 1. The molecule has 4 nitrogen and oxygen atoms in total. The maximum atomic E-state index is 9.79. The van der Waals surface area contributed by atoms with E-state index in [1.54, 1.807) is 15.9 Å². The van der Waals surface area contributed by atoms with Gasteiger partial charge >= 0.3 is 0 Å². The van der Waals surface area contributed by atoms with E-state index < -0.39 is 0 Å². The van der Waals surface area contributed by atoms with Gasteiger partial charge < -0.3 is 5.11 Å². The van der Waals surface area contributed by atoms with Gasteiger partial charge in [-0.2, -0.15) is 5.10 Å². The van der Waals surface area contributed by atoms with Crippen LogP contribution < -0.4 is 0 Å². The predicted molar refractivity (Wildman–Crippen MR) is 85.8 cm³/mol. The van der Waals surface area contributed by atoms with Gasteiger partial charge in [-0.05, 0) is 38.3 Å². The first-order valence-corrected chi connectivity index (χ1v) is 7.93. The Morgan fingerprint density at radius 2 is 1.86 bits per heavy atom. The zero-order valence-corrected chi connectivity index (χ0v) is 13.6. The summed E-state index contributed by atoms with van der Waals surface area (Å²) in [4.78, 5) is 5.58. The van der Waals surface area contributed by atoms with Gasteiger partial charge in [-0.3, -0.25) is 0 Å². The summed E-state index contributed by atoms with van der Waals surface area (Å²) >= 11 is 1.59. The SMILES string of the molecule is CCc1nn2c(CO)c(-c3c(C)cc(C)cc3C)nc2s1. The maximum absolute atomic E-state index is 9.79. The first-order chi connectivity index (χ1) is 10.0. The van der Waals surface area contributed by atoms with Crippen LogP contribution in [-0.4, -0.2) is 19.7 Å². The van der Waals surface area contributed by atoms with Crippen LogP contribution in [0.15, 0.2) is 12.1 Å². The Morgan fingerprint density at radius 1 is 1.19 bits per heavy atom. The fraction of sp³-hybridized carbons (Fsp3) is 0.375. The van der Waals surface area contributed by atoms with Crippen molar-refractivity contribution in [2.45, 2.75) is 40.7 Å². The van der Waals surface area contributed by atoms with Crippen molar-refractivity contribution in [2.24, 2.45) is 0 Å². The van der Waals surface area contributed by atoms with E-state index in [0.29, 0.717) is 0 Å². The summed E-state index contributed by atoms with van der Waals surface area (Å²) in [5.74, 6) is 0. The molecular weight excluding hydrogens is 282 g/mol. The van der Waals surface area contributed by atoms with Gasteiger partial charge in [0.1, 0.15) is 5.01 Å². The largest absolute Gasteiger partial charge is 0.390 e. The first-order valence-electron chi connectivity index (χ1n) is 7.11. The van der Waals surface area contributed by atoms with E-state index in [9.17, 15) is 5.11 Å². The molecule has 0 bridgehead atoms. The van der Waals surface area contributed by atoms with Crippen LogP contribution in [0.1, 0.15) is 34.3 Å². The minimum absolute atomic E-state index is 0.0594. The molecule has 3 rings (SSSR count). The molecule has 0 aliphatic heterocycles. The fourth-order valence-corrected chi connectivity index (χ4v) is 3.72. The Labute approximate surface area is 128 Å². The van der Waals surface area contributed by atoms with Crippen LogP contribution in [-0.2, 0) is 13.0 Å². The fourth-order valence-electron chi connectivity index (χ4n) is 2.87. The molecule has 0 radical (unpaired) electrons. The standard InChI is InChI=1S/C16H19N3OS/c1-5-13-18-19-12(8-20)15(17-16(19)21-13)14-10(3)6-9(2)7-11(14)4/h6-7,20H,5,8H2,1-4H3. The molecule has 0 fully saturated rings. The van der Waals surface area contributed by atoms with E-state index in [0.717, 1.165) is 33.3 Å². The summed E-state index contributed by atoms with van der Waals surface area (Å²) in [5.41, 5.74) is 6.35. The Bertz CT molecular complexity index is 793. The molecule has 1 N–H and O–H groups in total. The van der Waals surface area contributed by atoms with Gasteiger partial charge in [0.15, 0.2) is 0 Å². The van der Waals surface area contributed by atoms with Crippen LogP contribution in [0.4, 0.5) is 0 Å². The molecular formula is C16H19N3OS. The minimum Gasteiger partial charge on any atom is -0.390 e. The van der Waals surface area contributed by atoms with E-state index in [-0.39, 0.29) is 6.61 Å². The monoisotopic (exact) mass is 301 g/mol. The highest BCUT2D eigenvalue weighted by Gasteiger charge is 2.19.